The predicted octanol–water partition coefficient (Wildman–Crippen LogP) is 3.25. The van der Waals surface area contributed by atoms with Crippen LogP contribution in [0.1, 0.15) is 34.1 Å². The van der Waals surface area contributed by atoms with Gasteiger partial charge in [0.05, 0.1) is 23.3 Å². The van der Waals surface area contributed by atoms with Crippen molar-refractivity contribution in [1.82, 2.24) is 0 Å². The zero-order valence-corrected chi connectivity index (χ0v) is 14.0. The third-order valence-corrected chi connectivity index (χ3v) is 4.10. The number of carbonyl (C=O) groups excluding carboxylic acids is 2. The average Bonchev–Trinajstić information content (AvgIpc) is 3.00. The Kier molecular flexibility index (Phi) is 5.46. The standard InChI is InChI=1S/C20H20O5/c1-14-18(25-20(22)16-10-6-3-7-11-16)12-17(24-14)13-23-19(21)15-8-4-2-5-9-15/h2-11,14,17-18H,12-13H2,1H3/t14-,17-,18+/m0/s1. The molecule has 3 rings (SSSR count). The van der Waals surface area contributed by atoms with Crippen LogP contribution in [0.4, 0.5) is 0 Å². The molecular formula is C20H20O5. The van der Waals surface area contributed by atoms with Crippen LogP contribution in [0.5, 0.6) is 0 Å². The van der Waals surface area contributed by atoms with Gasteiger partial charge in [0.15, 0.2) is 0 Å². The highest BCUT2D eigenvalue weighted by Gasteiger charge is 2.35. The van der Waals surface area contributed by atoms with Crippen molar-refractivity contribution in [1.29, 1.82) is 0 Å². The van der Waals surface area contributed by atoms with Crippen molar-refractivity contribution < 1.29 is 23.8 Å². The Labute approximate surface area is 146 Å². The molecule has 25 heavy (non-hydrogen) atoms. The smallest absolute Gasteiger partial charge is 0.338 e. The molecule has 0 radical (unpaired) electrons. The number of hydrogen-bond donors (Lipinski definition) is 0. The van der Waals surface area contributed by atoms with Gasteiger partial charge in [0, 0.05) is 6.42 Å². The fraction of sp³-hybridized carbons (Fsp3) is 0.300. The van der Waals surface area contributed by atoms with E-state index in [-0.39, 0.29) is 36.9 Å². The van der Waals surface area contributed by atoms with Crippen LogP contribution < -0.4 is 0 Å². The lowest BCUT2D eigenvalue weighted by atomic mass is 10.1. The molecule has 3 atom stereocenters. The highest BCUT2D eigenvalue weighted by atomic mass is 16.6. The first-order chi connectivity index (χ1) is 12.1. The van der Waals surface area contributed by atoms with E-state index >= 15 is 0 Å². The van der Waals surface area contributed by atoms with Crippen LogP contribution in [-0.4, -0.2) is 36.9 Å². The van der Waals surface area contributed by atoms with Crippen molar-refractivity contribution in [3.63, 3.8) is 0 Å². The Morgan fingerprint density at radius 3 is 2.12 bits per heavy atom. The lowest BCUT2D eigenvalue weighted by Crippen LogP contribution is -2.24. The van der Waals surface area contributed by atoms with Crippen LogP contribution in [0, 0.1) is 0 Å². The minimum absolute atomic E-state index is 0.136. The van der Waals surface area contributed by atoms with Crippen molar-refractivity contribution in [2.24, 2.45) is 0 Å². The minimum atomic E-state index is -0.387. The molecule has 0 saturated carbocycles. The summed E-state index contributed by atoms with van der Waals surface area (Å²) in [4.78, 5) is 24.1. The molecule has 130 valence electrons. The summed E-state index contributed by atoms with van der Waals surface area (Å²) >= 11 is 0. The lowest BCUT2D eigenvalue weighted by molar-refractivity contribution is -0.0203. The van der Waals surface area contributed by atoms with Crippen LogP contribution in [0.2, 0.25) is 0 Å². The summed E-state index contributed by atoms with van der Waals surface area (Å²) in [6.45, 7) is 1.99. The van der Waals surface area contributed by atoms with Gasteiger partial charge in [-0.05, 0) is 31.2 Å². The molecule has 0 spiro atoms. The van der Waals surface area contributed by atoms with Crippen LogP contribution in [-0.2, 0) is 14.2 Å². The molecule has 2 aromatic rings. The van der Waals surface area contributed by atoms with E-state index in [2.05, 4.69) is 0 Å². The summed E-state index contributed by atoms with van der Waals surface area (Å²) in [6.07, 6.45) is -0.376. The Morgan fingerprint density at radius 2 is 1.52 bits per heavy atom. The van der Waals surface area contributed by atoms with E-state index in [1.807, 2.05) is 19.1 Å². The van der Waals surface area contributed by atoms with Gasteiger partial charge in [-0.25, -0.2) is 9.59 Å². The predicted molar refractivity (Wildman–Crippen MR) is 91.3 cm³/mol. The van der Waals surface area contributed by atoms with Gasteiger partial charge in [-0.3, -0.25) is 0 Å². The largest absolute Gasteiger partial charge is 0.459 e. The average molecular weight is 340 g/mol. The molecule has 1 heterocycles. The maximum absolute atomic E-state index is 12.1. The number of carbonyl (C=O) groups is 2. The van der Waals surface area contributed by atoms with Crippen molar-refractivity contribution in [2.45, 2.75) is 31.7 Å². The monoisotopic (exact) mass is 340 g/mol. The number of hydrogen-bond acceptors (Lipinski definition) is 5. The second kappa shape index (κ2) is 7.94. The second-order valence-corrected chi connectivity index (χ2v) is 5.97. The van der Waals surface area contributed by atoms with Gasteiger partial charge >= 0.3 is 11.9 Å². The highest BCUT2D eigenvalue weighted by Crippen LogP contribution is 2.24. The first kappa shape index (κ1) is 17.2. The zero-order chi connectivity index (χ0) is 17.6. The molecule has 0 N–H and O–H groups in total. The SMILES string of the molecule is C[C@@H]1O[C@H](COC(=O)c2ccccc2)C[C@H]1OC(=O)c1ccccc1. The highest BCUT2D eigenvalue weighted by molar-refractivity contribution is 5.89. The summed E-state index contributed by atoms with van der Waals surface area (Å²) in [6, 6.07) is 17.6. The number of esters is 2. The fourth-order valence-corrected chi connectivity index (χ4v) is 2.75. The van der Waals surface area contributed by atoms with Crippen molar-refractivity contribution in [2.75, 3.05) is 6.61 Å². The maximum atomic E-state index is 12.1. The summed E-state index contributed by atoms with van der Waals surface area (Å²) in [7, 11) is 0. The molecule has 0 bridgehead atoms. The van der Waals surface area contributed by atoms with E-state index in [9.17, 15) is 9.59 Å². The first-order valence-electron chi connectivity index (χ1n) is 8.27. The molecule has 1 fully saturated rings. The van der Waals surface area contributed by atoms with Crippen LogP contribution in [0.25, 0.3) is 0 Å². The molecule has 0 amide bonds. The van der Waals surface area contributed by atoms with E-state index < -0.39 is 0 Å². The van der Waals surface area contributed by atoms with Crippen LogP contribution in [0.3, 0.4) is 0 Å². The molecule has 0 aromatic heterocycles. The number of benzene rings is 2. The van der Waals surface area contributed by atoms with E-state index in [1.54, 1.807) is 48.5 Å². The molecule has 1 aliphatic heterocycles. The van der Waals surface area contributed by atoms with Gasteiger partial charge in [-0.15, -0.1) is 0 Å². The second-order valence-electron chi connectivity index (χ2n) is 5.97. The van der Waals surface area contributed by atoms with E-state index in [0.717, 1.165) is 0 Å². The van der Waals surface area contributed by atoms with Gasteiger partial charge in [0.2, 0.25) is 0 Å². The minimum Gasteiger partial charge on any atom is -0.459 e. The lowest BCUT2D eigenvalue weighted by Gasteiger charge is -2.14. The van der Waals surface area contributed by atoms with E-state index in [0.29, 0.717) is 17.5 Å². The molecular weight excluding hydrogens is 320 g/mol. The molecule has 5 heteroatoms. The maximum Gasteiger partial charge on any atom is 0.338 e. The topological polar surface area (TPSA) is 61.8 Å². The molecule has 0 aliphatic carbocycles. The molecule has 1 saturated heterocycles. The van der Waals surface area contributed by atoms with Gasteiger partial charge < -0.3 is 14.2 Å². The summed E-state index contributed by atoms with van der Waals surface area (Å²) in [5.74, 6) is -0.760. The molecule has 0 unspecified atom stereocenters. The van der Waals surface area contributed by atoms with Crippen molar-refractivity contribution in [3.8, 4) is 0 Å². The van der Waals surface area contributed by atoms with E-state index in [1.165, 1.54) is 0 Å². The third-order valence-electron chi connectivity index (χ3n) is 4.10. The molecule has 2 aromatic carbocycles. The van der Waals surface area contributed by atoms with Crippen LogP contribution in [0.15, 0.2) is 60.7 Å². The summed E-state index contributed by atoms with van der Waals surface area (Å²) in [5.41, 5.74) is 1.01. The fourth-order valence-electron chi connectivity index (χ4n) is 2.75. The molecule has 1 aliphatic rings. The molecule has 5 nitrogen and oxygen atoms in total. The first-order valence-corrected chi connectivity index (χ1v) is 8.27. The quantitative estimate of drug-likeness (QED) is 0.782. The Hall–Kier alpha value is -2.66. The van der Waals surface area contributed by atoms with E-state index in [4.69, 9.17) is 14.2 Å². The van der Waals surface area contributed by atoms with Gasteiger partial charge in [-0.1, -0.05) is 36.4 Å². The van der Waals surface area contributed by atoms with Gasteiger partial charge in [0.1, 0.15) is 12.7 Å². The normalized spacial score (nSPS) is 22.4. The van der Waals surface area contributed by atoms with Crippen molar-refractivity contribution in [3.05, 3.63) is 71.8 Å². The van der Waals surface area contributed by atoms with Gasteiger partial charge in [0.25, 0.3) is 0 Å². The number of ether oxygens (including phenoxy) is 3. The van der Waals surface area contributed by atoms with Crippen molar-refractivity contribution >= 4 is 11.9 Å². The zero-order valence-electron chi connectivity index (χ0n) is 14.0. The summed E-state index contributed by atoms with van der Waals surface area (Å²) < 4.78 is 16.6. The third kappa shape index (κ3) is 4.45. The van der Waals surface area contributed by atoms with Gasteiger partial charge in [-0.2, -0.15) is 0 Å². The Balaban J connectivity index is 1.50. The summed E-state index contributed by atoms with van der Waals surface area (Å²) in [5, 5.41) is 0. The number of rotatable bonds is 5. The Bertz CT molecular complexity index is 713. The van der Waals surface area contributed by atoms with Crippen LogP contribution >= 0.6 is 0 Å². The Morgan fingerprint density at radius 1 is 0.960 bits per heavy atom.